The molecule has 0 bridgehead atoms. The standard InChI is InChI=1S/C10H19N3O4/c1-5(2)7(9(15)16)13-10(17)12-6(3)8(14)11-4/h5-7H,1-4H3,(H,11,14)(H,15,16)(H2,12,13,17). The van der Waals surface area contributed by atoms with Crippen molar-refractivity contribution < 1.29 is 19.5 Å². The van der Waals surface area contributed by atoms with E-state index >= 15 is 0 Å². The highest BCUT2D eigenvalue weighted by atomic mass is 16.4. The molecule has 0 aliphatic carbocycles. The molecule has 0 heterocycles. The Bertz CT molecular complexity index is 304. The molecule has 0 aromatic carbocycles. The number of carbonyl (C=O) groups excluding carboxylic acids is 2. The first-order chi connectivity index (χ1) is 7.79. The Morgan fingerprint density at radius 2 is 1.59 bits per heavy atom. The Kier molecular flexibility index (Phi) is 6.01. The van der Waals surface area contributed by atoms with E-state index in [1.165, 1.54) is 14.0 Å². The van der Waals surface area contributed by atoms with Crippen LogP contribution in [0.5, 0.6) is 0 Å². The van der Waals surface area contributed by atoms with Gasteiger partial charge in [-0.2, -0.15) is 0 Å². The molecule has 0 aromatic heterocycles. The quantitative estimate of drug-likeness (QED) is 0.525. The maximum atomic E-state index is 11.4. The lowest BCUT2D eigenvalue weighted by molar-refractivity contribution is -0.140. The fourth-order valence-electron chi connectivity index (χ4n) is 1.18. The second-order valence-electron chi connectivity index (χ2n) is 4.01. The maximum absolute atomic E-state index is 11.4. The van der Waals surface area contributed by atoms with E-state index in [9.17, 15) is 14.4 Å². The summed E-state index contributed by atoms with van der Waals surface area (Å²) in [7, 11) is 1.45. The van der Waals surface area contributed by atoms with Gasteiger partial charge < -0.3 is 21.1 Å². The second-order valence-corrected chi connectivity index (χ2v) is 4.01. The van der Waals surface area contributed by atoms with Crippen LogP contribution in [0.25, 0.3) is 0 Å². The van der Waals surface area contributed by atoms with Gasteiger partial charge in [0.1, 0.15) is 12.1 Å². The van der Waals surface area contributed by atoms with Gasteiger partial charge in [0.2, 0.25) is 5.91 Å². The number of urea groups is 1. The van der Waals surface area contributed by atoms with E-state index < -0.39 is 24.1 Å². The minimum absolute atomic E-state index is 0.242. The van der Waals surface area contributed by atoms with E-state index in [-0.39, 0.29) is 11.8 Å². The van der Waals surface area contributed by atoms with E-state index in [0.717, 1.165) is 0 Å². The Morgan fingerprint density at radius 3 is 1.94 bits per heavy atom. The molecule has 17 heavy (non-hydrogen) atoms. The molecule has 2 atom stereocenters. The van der Waals surface area contributed by atoms with Gasteiger partial charge in [0, 0.05) is 7.05 Å². The Labute approximate surface area is 100.0 Å². The van der Waals surface area contributed by atoms with Gasteiger partial charge in [-0.25, -0.2) is 9.59 Å². The molecule has 0 radical (unpaired) electrons. The highest BCUT2D eigenvalue weighted by Crippen LogP contribution is 2.01. The van der Waals surface area contributed by atoms with Gasteiger partial charge in [-0.05, 0) is 12.8 Å². The van der Waals surface area contributed by atoms with Gasteiger partial charge in [0.25, 0.3) is 0 Å². The molecule has 7 heteroatoms. The first kappa shape index (κ1) is 15.2. The van der Waals surface area contributed by atoms with Gasteiger partial charge in [-0.1, -0.05) is 13.8 Å². The number of hydrogen-bond acceptors (Lipinski definition) is 3. The van der Waals surface area contributed by atoms with Crippen molar-refractivity contribution in [3.63, 3.8) is 0 Å². The predicted octanol–water partition coefficient (Wildman–Crippen LogP) is -0.471. The van der Waals surface area contributed by atoms with Crippen molar-refractivity contribution in [3.8, 4) is 0 Å². The number of aliphatic carboxylic acids is 1. The van der Waals surface area contributed by atoms with Crippen LogP contribution in [0, 0.1) is 5.92 Å². The van der Waals surface area contributed by atoms with E-state index in [4.69, 9.17) is 5.11 Å². The number of carboxylic acid groups (broad SMARTS) is 1. The predicted molar refractivity (Wildman–Crippen MR) is 61.5 cm³/mol. The summed E-state index contributed by atoms with van der Waals surface area (Å²) in [6, 6.07) is -2.38. The zero-order chi connectivity index (χ0) is 13.6. The van der Waals surface area contributed by atoms with E-state index in [1.807, 2.05) is 0 Å². The van der Waals surface area contributed by atoms with Crippen LogP contribution in [0.15, 0.2) is 0 Å². The molecule has 0 spiro atoms. The molecule has 0 rings (SSSR count). The summed E-state index contributed by atoms with van der Waals surface area (Å²) in [4.78, 5) is 33.4. The van der Waals surface area contributed by atoms with Crippen molar-refractivity contribution in [3.05, 3.63) is 0 Å². The maximum Gasteiger partial charge on any atom is 0.326 e. The summed E-state index contributed by atoms with van der Waals surface area (Å²) in [5.41, 5.74) is 0. The van der Waals surface area contributed by atoms with Crippen LogP contribution in [0.1, 0.15) is 20.8 Å². The summed E-state index contributed by atoms with van der Waals surface area (Å²) in [6.07, 6.45) is 0. The van der Waals surface area contributed by atoms with E-state index in [1.54, 1.807) is 13.8 Å². The molecule has 2 unspecified atom stereocenters. The molecule has 98 valence electrons. The Morgan fingerprint density at radius 1 is 1.06 bits per heavy atom. The third-order valence-electron chi connectivity index (χ3n) is 2.21. The minimum Gasteiger partial charge on any atom is -0.480 e. The van der Waals surface area contributed by atoms with Gasteiger partial charge in [0.05, 0.1) is 0 Å². The first-order valence-electron chi connectivity index (χ1n) is 5.31. The van der Waals surface area contributed by atoms with Crippen LogP contribution >= 0.6 is 0 Å². The van der Waals surface area contributed by atoms with Crippen LogP contribution < -0.4 is 16.0 Å². The Hall–Kier alpha value is -1.79. The molecule has 0 fully saturated rings. The zero-order valence-electron chi connectivity index (χ0n) is 10.4. The highest BCUT2D eigenvalue weighted by Gasteiger charge is 2.24. The topological polar surface area (TPSA) is 108 Å². The number of carbonyl (C=O) groups is 3. The van der Waals surface area contributed by atoms with Crippen molar-refractivity contribution in [2.75, 3.05) is 7.05 Å². The van der Waals surface area contributed by atoms with Crippen LogP contribution in [-0.2, 0) is 9.59 Å². The summed E-state index contributed by atoms with van der Waals surface area (Å²) in [6.45, 7) is 4.87. The molecular formula is C10H19N3O4. The molecule has 3 amide bonds. The molecule has 0 saturated carbocycles. The van der Waals surface area contributed by atoms with Gasteiger partial charge >= 0.3 is 12.0 Å². The summed E-state index contributed by atoms with van der Waals surface area (Å²) in [5.74, 6) is -1.70. The van der Waals surface area contributed by atoms with Crippen LogP contribution in [0.2, 0.25) is 0 Å². The average molecular weight is 245 g/mol. The van der Waals surface area contributed by atoms with E-state index in [0.29, 0.717) is 0 Å². The summed E-state index contributed by atoms with van der Waals surface area (Å²) >= 11 is 0. The number of amides is 3. The number of rotatable bonds is 5. The lowest BCUT2D eigenvalue weighted by Gasteiger charge is -2.20. The zero-order valence-corrected chi connectivity index (χ0v) is 10.4. The fraction of sp³-hybridized carbons (Fsp3) is 0.700. The first-order valence-corrected chi connectivity index (χ1v) is 5.31. The lowest BCUT2D eigenvalue weighted by atomic mass is 10.1. The van der Waals surface area contributed by atoms with Crippen LogP contribution in [0.4, 0.5) is 4.79 Å². The molecule has 0 saturated heterocycles. The lowest BCUT2D eigenvalue weighted by Crippen LogP contribution is -2.53. The molecule has 0 aliphatic heterocycles. The number of hydrogen-bond donors (Lipinski definition) is 4. The van der Waals surface area contributed by atoms with Gasteiger partial charge in [-0.15, -0.1) is 0 Å². The van der Waals surface area contributed by atoms with Crippen molar-refractivity contribution in [2.45, 2.75) is 32.9 Å². The number of likely N-dealkylation sites (N-methyl/N-ethyl adjacent to an activating group) is 1. The average Bonchev–Trinajstić information content (AvgIpc) is 2.23. The SMILES string of the molecule is CNC(=O)C(C)NC(=O)NC(C(=O)O)C(C)C. The third kappa shape index (κ3) is 5.19. The molecule has 7 nitrogen and oxygen atoms in total. The number of nitrogens with one attached hydrogen (secondary N) is 3. The van der Waals surface area contributed by atoms with Gasteiger partial charge in [-0.3, -0.25) is 4.79 Å². The van der Waals surface area contributed by atoms with Crippen molar-refractivity contribution in [1.29, 1.82) is 0 Å². The smallest absolute Gasteiger partial charge is 0.326 e. The normalized spacial score (nSPS) is 13.7. The summed E-state index contributed by atoms with van der Waals surface area (Å²) in [5, 5.41) is 15.9. The van der Waals surface area contributed by atoms with E-state index in [2.05, 4.69) is 16.0 Å². The summed E-state index contributed by atoms with van der Waals surface area (Å²) < 4.78 is 0. The largest absolute Gasteiger partial charge is 0.480 e. The monoisotopic (exact) mass is 245 g/mol. The third-order valence-corrected chi connectivity index (χ3v) is 2.21. The van der Waals surface area contributed by atoms with Crippen LogP contribution in [0.3, 0.4) is 0 Å². The Balaban J connectivity index is 4.34. The fourth-order valence-corrected chi connectivity index (χ4v) is 1.18. The highest BCUT2D eigenvalue weighted by molar-refractivity contribution is 5.88. The van der Waals surface area contributed by atoms with Crippen molar-refractivity contribution >= 4 is 17.9 Å². The minimum atomic E-state index is -1.11. The molecule has 0 aromatic rings. The van der Waals surface area contributed by atoms with Crippen molar-refractivity contribution in [1.82, 2.24) is 16.0 Å². The number of carboxylic acids is 1. The second kappa shape index (κ2) is 6.72. The molecule has 4 N–H and O–H groups in total. The van der Waals surface area contributed by atoms with Crippen LogP contribution in [-0.4, -0.2) is 42.1 Å². The van der Waals surface area contributed by atoms with Crippen molar-refractivity contribution in [2.24, 2.45) is 5.92 Å². The van der Waals surface area contributed by atoms with Gasteiger partial charge in [0.15, 0.2) is 0 Å². The molecular weight excluding hydrogens is 226 g/mol. The molecule has 0 aliphatic rings.